The van der Waals surface area contributed by atoms with Crippen molar-refractivity contribution in [2.75, 3.05) is 13.1 Å². The monoisotopic (exact) mass is 437 g/mol. The fourth-order valence-electron chi connectivity index (χ4n) is 7.39. The summed E-state index contributed by atoms with van der Waals surface area (Å²) in [4.78, 5) is 15.3. The summed E-state index contributed by atoms with van der Waals surface area (Å²) in [5, 5.41) is 18.5. The highest BCUT2D eigenvalue weighted by Crippen LogP contribution is 2.67. The first-order valence-corrected chi connectivity index (χ1v) is 11.9. The van der Waals surface area contributed by atoms with Gasteiger partial charge in [-0.2, -0.15) is 0 Å². The maximum absolute atomic E-state index is 13.4. The molecule has 0 spiro atoms. The Morgan fingerprint density at radius 3 is 2.53 bits per heavy atom. The van der Waals surface area contributed by atoms with Crippen molar-refractivity contribution < 1.29 is 19.1 Å². The molecule has 7 nitrogen and oxygen atoms in total. The number of aryl methyl sites for hydroxylation is 1. The molecule has 4 saturated carbocycles. The average molecular weight is 438 g/mol. The van der Waals surface area contributed by atoms with Crippen molar-refractivity contribution in [2.24, 2.45) is 23.2 Å². The lowest BCUT2D eigenvalue weighted by Crippen LogP contribution is -2.60. The van der Waals surface area contributed by atoms with Crippen LogP contribution in [0.25, 0.3) is 0 Å². The largest absolute Gasteiger partial charge is 0.423 e. The number of ether oxygens (including phenoxy) is 1. The summed E-state index contributed by atoms with van der Waals surface area (Å²) in [6.07, 6.45) is 4.56. The minimum absolute atomic E-state index is 0.0225. The number of hydrogen-bond acceptors (Lipinski definition) is 6. The van der Waals surface area contributed by atoms with Gasteiger partial charge in [0.1, 0.15) is 6.61 Å². The number of hydrogen-bond donors (Lipinski definition) is 1. The van der Waals surface area contributed by atoms with Crippen LogP contribution in [0.2, 0.25) is 0 Å². The number of carbonyl (C=O) groups excluding carboxylic acids is 1. The zero-order chi connectivity index (χ0) is 21.9. The Balaban J connectivity index is 1.14. The van der Waals surface area contributed by atoms with Gasteiger partial charge in [-0.25, -0.2) is 0 Å². The van der Waals surface area contributed by atoms with Crippen molar-refractivity contribution in [3.63, 3.8) is 0 Å². The van der Waals surface area contributed by atoms with E-state index in [0.717, 1.165) is 25.7 Å². The molecule has 4 aliphatic carbocycles. The number of aliphatic hydroxyl groups is 1. The smallest absolute Gasteiger partial charge is 0.242 e. The number of aromatic nitrogens is 2. The molecule has 1 amide bonds. The molecule has 7 heteroatoms. The molecule has 1 N–H and O–H groups in total. The Morgan fingerprint density at radius 2 is 1.88 bits per heavy atom. The van der Waals surface area contributed by atoms with E-state index in [1.54, 1.807) is 6.92 Å². The van der Waals surface area contributed by atoms with Crippen LogP contribution in [0.15, 0.2) is 34.7 Å². The van der Waals surface area contributed by atoms with E-state index in [2.05, 4.69) is 40.5 Å². The predicted octanol–water partition coefficient (Wildman–Crippen LogP) is 3.08. The minimum Gasteiger partial charge on any atom is -0.423 e. The van der Waals surface area contributed by atoms with Gasteiger partial charge in [-0.3, -0.25) is 4.79 Å². The first kappa shape index (κ1) is 20.4. The van der Waals surface area contributed by atoms with Crippen molar-refractivity contribution in [3.05, 3.63) is 47.7 Å². The summed E-state index contributed by atoms with van der Waals surface area (Å²) in [6.45, 7) is 3.29. The molecule has 5 aliphatic rings. The number of carbonyl (C=O) groups is 1. The molecule has 0 radical (unpaired) electrons. The van der Waals surface area contributed by atoms with Crippen LogP contribution < -0.4 is 0 Å². The molecule has 2 aromatic rings. The molecule has 1 aliphatic heterocycles. The van der Waals surface area contributed by atoms with Gasteiger partial charge in [-0.1, -0.05) is 30.3 Å². The topological polar surface area (TPSA) is 88.7 Å². The van der Waals surface area contributed by atoms with Crippen LogP contribution >= 0.6 is 0 Å². The fourth-order valence-corrected chi connectivity index (χ4v) is 7.39. The molecule has 170 valence electrons. The highest BCUT2D eigenvalue weighted by molar-refractivity contribution is 5.78. The normalized spacial score (nSPS) is 35.8. The third-order valence-corrected chi connectivity index (χ3v) is 8.52. The first-order valence-electron chi connectivity index (χ1n) is 11.9. The summed E-state index contributed by atoms with van der Waals surface area (Å²) >= 11 is 0. The van der Waals surface area contributed by atoms with Gasteiger partial charge >= 0.3 is 0 Å². The molecular formula is C25H31N3O4. The Hall–Kier alpha value is -2.25. The summed E-state index contributed by atoms with van der Waals surface area (Å²) in [5.74, 6) is 2.94. The van der Waals surface area contributed by atoms with E-state index >= 15 is 0 Å². The number of amides is 1. The summed E-state index contributed by atoms with van der Waals surface area (Å²) in [5.41, 5.74) is 1.35. The second kappa shape index (κ2) is 7.66. The van der Waals surface area contributed by atoms with E-state index in [1.807, 2.05) is 4.90 Å². The Kier molecular flexibility index (Phi) is 4.88. The first-order chi connectivity index (χ1) is 15.5. The molecule has 1 saturated heterocycles. The Morgan fingerprint density at radius 1 is 1.16 bits per heavy atom. The lowest BCUT2D eigenvalue weighted by molar-refractivity contribution is -0.169. The minimum atomic E-state index is -0.179. The van der Waals surface area contributed by atoms with E-state index < -0.39 is 0 Å². The molecule has 5 fully saturated rings. The van der Waals surface area contributed by atoms with Gasteiger partial charge in [0.15, 0.2) is 0 Å². The standard InChI is InChI=1S/C25H31N3O4/c1-15-26-27-21(32-15)14-31-20-12-28(13-20)22(29)11-25-9-18-7-17(8-19(10-25)24(18)30)23(25)16-5-3-2-4-6-16/h2-6,17-20,23-24,30H,7-14H2,1H3. The zero-order valence-electron chi connectivity index (χ0n) is 18.5. The molecule has 2 heterocycles. The molecule has 32 heavy (non-hydrogen) atoms. The van der Waals surface area contributed by atoms with Crippen LogP contribution in [0.3, 0.4) is 0 Å². The molecule has 3 atom stereocenters. The van der Waals surface area contributed by atoms with Crippen LogP contribution in [0.1, 0.15) is 55.4 Å². The van der Waals surface area contributed by atoms with Crippen molar-refractivity contribution in [1.29, 1.82) is 0 Å². The molecule has 1 aromatic heterocycles. The van der Waals surface area contributed by atoms with Gasteiger partial charge in [-0.05, 0) is 60.3 Å². The molecule has 7 rings (SSSR count). The number of nitrogens with zero attached hydrogens (tertiary/aromatic N) is 3. The van der Waals surface area contributed by atoms with Crippen molar-refractivity contribution in [3.8, 4) is 0 Å². The number of rotatable bonds is 6. The van der Waals surface area contributed by atoms with Gasteiger partial charge < -0.3 is 19.2 Å². The van der Waals surface area contributed by atoms with E-state index in [1.165, 1.54) is 5.56 Å². The maximum atomic E-state index is 13.4. The second-order valence-electron chi connectivity index (χ2n) is 10.5. The number of benzene rings is 1. The lowest BCUT2D eigenvalue weighted by atomic mass is 9.42. The molecule has 3 unspecified atom stereocenters. The quantitative estimate of drug-likeness (QED) is 0.747. The van der Waals surface area contributed by atoms with Crippen LogP contribution in [-0.4, -0.2) is 51.4 Å². The van der Waals surface area contributed by atoms with Gasteiger partial charge in [0.25, 0.3) is 0 Å². The van der Waals surface area contributed by atoms with Crippen molar-refractivity contribution >= 4 is 5.91 Å². The summed E-state index contributed by atoms with van der Waals surface area (Å²) in [7, 11) is 0. The highest BCUT2D eigenvalue weighted by Gasteiger charge is 2.61. The lowest BCUT2D eigenvalue weighted by Gasteiger charge is -2.63. The number of likely N-dealkylation sites (tertiary alicyclic amines) is 1. The van der Waals surface area contributed by atoms with Crippen LogP contribution in [0, 0.1) is 30.1 Å². The molecule has 4 bridgehead atoms. The predicted molar refractivity (Wildman–Crippen MR) is 115 cm³/mol. The molecular weight excluding hydrogens is 406 g/mol. The van der Waals surface area contributed by atoms with Crippen LogP contribution in [0.5, 0.6) is 0 Å². The maximum Gasteiger partial charge on any atom is 0.242 e. The second-order valence-corrected chi connectivity index (χ2v) is 10.5. The van der Waals surface area contributed by atoms with Crippen LogP contribution in [0.4, 0.5) is 0 Å². The van der Waals surface area contributed by atoms with Crippen molar-refractivity contribution in [1.82, 2.24) is 15.1 Å². The van der Waals surface area contributed by atoms with Gasteiger partial charge in [-0.15, -0.1) is 10.2 Å². The number of aliphatic hydroxyl groups excluding tert-OH is 1. The summed E-state index contributed by atoms with van der Waals surface area (Å²) < 4.78 is 11.2. The SMILES string of the molecule is Cc1nnc(COC2CN(C(=O)CC34CC5CC(CC(C3)C5O)C4c3ccccc3)C2)o1. The Labute approximate surface area is 188 Å². The fraction of sp³-hybridized carbons (Fsp3) is 0.640. The zero-order valence-corrected chi connectivity index (χ0v) is 18.5. The van der Waals surface area contributed by atoms with E-state index in [9.17, 15) is 9.90 Å². The van der Waals surface area contributed by atoms with Crippen LogP contribution in [-0.2, 0) is 16.1 Å². The molecule has 1 aromatic carbocycles. The van der Waals surface area contributed by atoms with E-state index in [0.29, 0.717) is 55.0 Å². The summed E-state index contributed by atoms with van der Waals surface area (Å²) in [6, 6.07) is 10.8. The van der Waals surface area contributed by atoms with E-state index in [4.69, 9.17) is 9.15 Å². The highest BCUT2D eigenvalue weighted by atomic mass is 16.5. The van der Waals surface area contributed by atoms with Gasteiger partial charge in [0, 0.05) is 26.4 Å². The third kappa shape index (κ3) is 3.37. The Bertz CT molecular complexity index is 970. The van der Waals surface area contributed by atoms with Gasteiger partial charge in [0.2, 0.25) is 17.7 Å². The average Bonchev–Trinajstić information content (AvgIpc) is 3.15. The van der Waals surface area contributed by atoms with Crippen molar-refractivity contribution in [2.45, 2.75) is 63.8 Å². The van der Waals surface area contributed by atoms with E-state index in [-0.39, 0.29) is 30.1 Å². The third-order valence-electron chi connectivity index (χ3n) is 8.52. The van der Waals surface area contributed by atoms with Gasteiger partial charge in [0.05, 0.1) is 12.2 Å².